The number of amides is 1. The van der Waals surface area contributed by atoms with E-state index in [0.29, 0.717) is 12.3 Å². The Morgan fingerprint density at radius 2 is 2.09 bits per heavy atom. The Morgan fingerprint density at radius 3 is 2.68 bits per heavy atom. The van der Waals surface area contributed by atoms with E-state index in [2.05, 4.69) is 0 Å². The molecule has 0 aliphatic carbocycles. The molecule has 6 nitrogen and oxygen atoms in total. The van der Waals surface area contributed by atoms with E-state index in [4.69, 9.17) is 14.7 Å². The number of methoxy groups -OCH3 is 1. The van der Waals surface area contributed by atoms with Crippen LogP contribution in [0.15, 0.2) is 18.2 Å². The van der Waals surface area contributed by atoms with Crippen molar-refractivity contribution in [1.82, 2.24) is 4.90 Å². The number of benzene rings is 1. The van der Waals surface area contributed by atoms with Crippen LogP contribution in [-0.2, 0) is 9.53 Å². The molecule has 1 amide bonds. The van der Waals surface area contributed by atoms with Gasteiger partial charge in [-0.1, -0.05) is 11.6 Å². The first-order valence-electron chi connectivity index (χ1n) is 6.88. The van der Waals surface area contributed by atoms with Gasteiger partial charge in [0.25, 0.3) is 5.91 Å². The van der Waals surface area contributed by atoms with Crippen molar-refractivity contribution in [2.75, 3.05) is 20.7 Å². The zero-order chi connectivity index (χ0) is 16.7. The number of nitriles is 1. The molecule has 0 aliphatic heterocycles. The van der Waals surface area contributed by atoms with E-state index in [1.807, 2.05) is 19.1 Å². The quantitative estimate of drug-likeness (QED) is 0.750. The molecule has 1 atom stereocenters. The van der Waals surface area contributed by atoms with Crippen molar-refractivity contribution in [1.29, 1.82) is 5.26 Å². The summed E-state index contributed by atoms with van der Waals surface area (Å²) in [5.41, 5.74) is 1.17. The number of carbonyl (C=O) groups excluding carboxylic acids is 2. The number of ether oxygens (including phenoxy) is 2. The molecule has 0 radical (unpaired) electrons. The van der Waals surface area contributed by atoms with Crippen LogP contribution in [-0.4, -0.2) is 43.6 Å². The molecule has 0 saturated carbocycles. The smallest absolute Gasteiger partial charge is 0.342 e. The van der Waals surface area contributed by atoms with E-state index in [0.717, 1.165) is 5.56 Å². The summed E-state index contributed by atoms with van der Waals surface area (Å²) in [6, 6.07) is 7.11. The molecule has 0 aromatic heterocycles. The Morgan fingerprint density at radius 1 is 1.41 bits per heavy atom. The molecule has 0 saturated heterocycles. The first kappa shape index (κ1) is 17.5. The molecule has 6 heteroatoms. The highest BCUT2D eigenvalue weighted by Crippen LogP contribution is 2.21. The highest BCUT2D eigenvalue weighted by atomic mass is 16.5. The lowest BCUT2D eigenvalue weighted by atomic mass is 10.1. The van der Waals surface area contributed by atoms with Crippen LogP contribution in [0.3, 0.4) is 0 Å². The molecule has 1 rings (SSSR count). The van der Waals surface area contributed by atoms with Crippen molar-refractivity contribution < 1.29 is 19.1 Å². The molecule has 0 unspecified atom stereocenters. The minimum atomic E-state index is -0.929. The van der Waals surface area contributed by atoms with Crippen molar-refractivity contribution in [3.05, 3.63) is 29.3 Å². The van der Waals surface area contributed by atoms with Gasteiger partial charge in [0.05, 0.1) is 19.6 Å². The van der Waals surface area contributed by atoms with Gasteiger partial charge in [-0.25, -0.2) is 4.79 Å². The summed E-state index contributed by atoms with van der Waals surface area (Å²) >= 11 is 0. The summed E-state index contributed by atoms with van der Waals surface area (Å²) in [5, 5.41) is 8.53. The maximum atomic E-state index is 12.2. The summed E-state index contributed by atoms with van der Waals surface area (Å²) in [7, 11) is 3.03. The first-order valence-corrected chi connectivity index (χ1v) is 6.88. The Labute approximate surface area is 130 Å². The second kappa shape index (κ2) is 8.03. The van der Waals surface area contributed by atoms with Crippen molar-refractivity contribution in [2.24, 2.45) is 0 Å². The van der Waals surface area contributed by atoms with Gasteiger partial charge in [-0.2, -0.15) is 5.26 Å². The van der Waals surface area contributed by atoms with E-state index in [9.17, 15) is 9.59 Å². The summed E-state index contributed by atoms with van der Waals surface area (Å²) in [6.45, 7) is 3.65. The lowest BCUT2D eigenvalue weighted by Gasteiger charge is -2.20. The number of carbonyl (C=O) groups is 2. The number of rotatable bonds is 6. The SMILES string of the molecule is COc1ccc(C)cc1C(=O)O[C@H](C)C(=O)N(C)CCC#N. The molecule has 0 heterocycles. The fourth-order valence-corrected chi connectivity index (χ4v) is 1.89. The highest BCUT2D eigenvalue weighted by molar-refractivity contribution is 5.94. The fraction of sp³-hybridized carbons (Fsp3) is 0.438. The number of esters is 1. The molecule has 1 aromatic carbocycles. The second-order valence-corrected chi connectivity index (χ2v) is 4.92. The first-order chi connectivity index (χ1) is 10.4. The van der Waals surface area contributed by atoms with Gasteiger partial charge in [0.15, 0.2) is 6.10 Å². The van der Waals surface area contributed by atoms with Crippen molar-refractivity contribution in [3.8, 4) is 11.8 Å². The number of nitrogens with zero attached hydrogens (tertiary/aromatic N) is 2. The number of hydrogen-bond donors (Lipinski definition) is 0. The molecular formula is C16H20N2O4. The van der Waals surface area contributed by atoms with E-state index >= 15 is 0 Å². The van der Waals surface area contributed by atoms with Gasteiger partial charge in [-0.3, -0.25) is 4.79 Å². The Kier molecular flexibility index (Phi) is 6.39. The Hall–Kier alpha value is -2.55. The van der Waals surface area contributed by atoms with E-state index in [-0.39, 0.29) is 17.9 Å². The minimum absolute atomic E-state index is 0.231. The second-order valence-electron chi connectivity index (χ2n) is 4.92. The molecule has 0 N–H and O–H groups in total. The molecule has 0 spiro atoms. The van der Waals surface area contributed by atoms with Crippen LogP contribution in [0.25, 0.3) is 0 Å². The Balaban J connectivity index is 2.78. The van der Waals surface area contributed by atoms with Crippen molar-refractivity contribution in [2.45, 2.75) is 26.4 Å². The zero-order valence-electron chi connectivity index (χ0n) is 13.3. The predicted octanol–water partition coefficient (Wildman–Crippen LogP) is 1.92. The third kappa shape index (κ3) is 4.48. The van der Waals surface area contributed by atoms with E-state index in [1.54, 1.807) is 19.2 Å². The zero-order valence-corrected chi connectivity index (χ0v) is 13.3. The Bertz CT molecular complexity index is 592. The van der Waals surface area contributed by atoms with Gasteiger partial charge in [-0.15, -0.1) is 0 Å². The lowest BCUT2D eigenvalue weighted by molar-refractivity contribution is -0.138. The largest absolute Gasteiger partial charge is 0.496 e. The van der Waals surface area contributed by atoms with Gasteiger partial charge < -0.3 is 14.4 Å². The fourth-order valence-electron chi connectivity index (χ4n) is 1.89. The summed E-state index contributed by atoms with van der Waals surface area (Å²) in [5.74, 6) is -0.571. The number of hydrogen-bond acceptors (Lipinski definition) is 5. The lowest BCUT2D eigenvalue weighted by Crippen LogP contribution is -2.38. The molecule has 0 bridgehead atoms. The van der Waals surface area contributed by atoms with Crippen LogP contribution in [0.1, 0.15) is 29.3 Å². The van der Waals surface area contributed by atoms with Crippen molar-refractivity contribution in [3.63, 3.8) is 0 Å². The topological polar surface area (TPSA) is 79.6 Å². The van der Waals surface area contributed by atoms with Gasteiger partial charge in [-0.05, 0) is 26.0 Å². The van der Waals surface area contributed by atoms with Crippen LogP contribution >= 0.6 is 0 Å². The predicted molar refractivity (Wildman–Crippen MR) is 80.5 cm³/mol. The van der Waals surface area contributed by atoms with Gasteiger partial charge >= 0.3 is 5.97 Å². The highest BCUT2D eigenvalue weighted by Gasteiger charge is 2.23. The van der Waals surface area contributed by atoms with Crippen LogP contribution in [0, 0.1) is 18.3 Å². The molecule has 118 valence electrons. The van der Waals surface area contributed by atoms with Gasteiger partial charge in [0, 0.05) is 13.6 Å². The summed E-state index contributed by atoms with van der Waals surface area (Å²) in [6.07, 6.45) is -0.698. The standard InChI is InChI=1S/C16H20N2O4/c1-11-6-7-14(21-4)13(10-11)16(20)22-12(2)15(19)18(3)9-5-8-17/h6-7,10,12H,5,9H2,1-4H3/t12-/m1/s1. The molecule has 0 fully saturated rings. The molecular weight excluding hydrogens is 284 g/mol. The third-order valence-corrected chi connectivity index (χ3v) is 3.14. The monoisotopic (exact) mass is 304 g/mol. The summed E-state index contributed by atoms with van der Waals surface area (Å²) in [4.78, 5) is 25.6. The number of likely N-dealkylation sites (N-methyl/N-ethyl adjacent to an activating group) is 1. The normalized spacial score (nSPS) is 11.2. The van der Waals surface area contributed by atoms with Crippen LogP contribution in [0.4, 0.5) is 0 Å². The van der Waals surface area contributed by atoms with Crippen LogP contribution < -0.4 is 4.74 Å². The van der Waals surface area contributed by atoms with E-state index < -0.39 is 12.1 Å². The molecule has 22 heavy (non-hydrogen) atoms. The minimum Gasteiger partial charge on any atom is -0.496 e. The van der Waals surface area contributed by atoms with Crippen molar-refractivity contribution >= 4 is 11.9 Å². The number of aryl methyl sites for hydroxylation is 1. The maximum absolute atomic E-state index is 12.2. The van der Waals surface area contributed by atoms with Crippen LogP contribution in [0.5, 0.6) is 5.75 Å². The van der Waals surface area contributed by atoms with Crippen LogP contribution in [0.2, 0.25) is 0 Å². The summed E-state index contributed by atoms with van der Waals surface area (Å²) < 4.78 is 10.3. The average molecular weight is 304 g/mol. The molecule has 0 aliphatic rings. The third-order valence-electron chi connectivity index (χ3n) is 3.14. The average Bonchev–Trinajstić information content (AvgIpc) is 2.51. The molecule has 1 aromatic rings. The van der Waals surface area contributed by atoms with Gasteiger partial charge in [0.2, 0.25) is 0 Å². The van der Waals surface area contributed by atoms with E-state index in [1.165, 1.54) is 18.9 Å². The maximum Gasteiger partial charge on any atom is 0.342 e. The van der Waals surface area contributed by atoms with Gasteiger partial charge in [0.1, 0.15) is 11.3 Å².